The van der Waals surface area contributed by atoms with E-state index < -0.39 is 0 Å². The van der Waals surface area contributed by atoms with Crippen LogP contribution >= 0.6 is 11.6 Å². The highest BCUT2D eigenvalue weighted by Crippen LogP contribution is 2.44. The molecule has 0 aliphatic heterocycles. The zero-order chi connectivity index (χ0) is 12.5. The summed E-state index contributed by atoms with van der Waals surface area (Å²) in [5.41, 5.74) is 1.03. The van der Waals surface area contributed by atoms with E-state index in [9.17, 15) is 4.79 Å². The summed E-state index contributed by atoms with van der Waals surface area (Å²) in [7, 11) is 0. The van der Waals surface area contributed by atoms with E-state index in [1.807, 2.05) is 24.3 Å². The lowest BCUT2D eigenvalue weighted by Gasteiger charge is -2.17. The van der Waals surface area contributed by atoms with E-state index in [2.05, 4.69) is 5.32 Å². The van der Waals surface area contributed by atoms with Crippen molar-refractivity contribution in [3.05, 3.63) is 34.9 Å². The highest BCUT2D eigenvalue weighted by Gasteiger charge is 2.42. The molecular weight excluding hydrogens is 246 g/mol. The van der Waals surface area contributed by atoms with Gasteiger partial charge in [0.05, 0.1) is 6.42 Å². The van der Waals surface area contributed by atoms with Gasteiger partial charge >= 0.3 is 0 Å². The number of amides is 1. The van der Waals surface area contributed by atoms with Crippen LogP contribution in [0.3, 0.4) is 0 Å². The van der Waals surface area contributed by atoms with Gasteiger partial charge in [0, 0.05) is 11.1 Å². The fourth-order valence-corrected chi connectivity index (χ4v) is 2.68. The average Bonchev–Trinajstić information content (AvgIpc) is 3.22. The quantitative estimate of drug-likeness (QED) is 0.869. The zero-order valence-corrected chi connectivity index (χ0v) is 11.1. The lowest BCUT2D eigenvalue weighted by molar-refractivity contribution is -0.121. The molecule has 0 aromatic heterocycles. The van der Waals surface area contributed by atoms with Crippen LogP contribution in [0.2, 0.25) is 5.02 Å². The second-order valence-electron chi connectivity index (χ2n) is 5.57. The van der Waals surface area contributed by atoms with Crippen molar-refractivity contribution in [1.29, 1.82) is 0 Å². The van der Waals surface area contributed by atoms with Crippen molar-refractivity contribution in [2.75, 3.05) is 0 Å². The number of hydrogen-bond donors (Lipinski definition) is 1. The van der Waals surface area contributed by atoms with Gasteiger partial charge in [-0.3, -0.25) is 4.79 Å². The molecule has 0 heterocycles. The van der Waals surface area contributed by atoms with Crippen molar-refractivity contribution < 1.29 is 4.79 Å². The minimum Gasteiger partial charge on any atom is -0.353 e. The molecule has 96 valence electrons. The van der Waals surface area contributed by atoms with Crippen LogP contribution in [0.4, 0.5) is 0 Å². The van der Waals surface area contributed by atoms with Crippen molar-refractivity contribution in [2.45, 2.75) is 38.1 Å². The molecule has 0 radical (unpaired) electrons. The van der Waals surface area contributed by atoms with E-state index >= 15 is 0 Å². The van der Waals surface area contributed by atoms with Gasteiger partial charge in [-0.2, -0.15) is 0 Å². The van der Waals surface area contributed by atoms with Crippen molar-refractivity contribution >= 4 is 17.5 Å². The molecule has 1 amide bonds. The largest absolute Gasteiger partial charge is 0.353 e. The first-order valence-corrected chi connectivity index (χ1v) is 7.14. The Morgan fingerprint density at radius 2 is 1.72 bits per heavy atom. The summed E-state index contributed by atoms with van der Waals surface area (Å²) in [4.78, 5) is 12.0. The normalized spacial score (nSPS) is 19.0. The SMILES string of the molecule is O=C(Cc1ccc(Cl)cc1)NC(C1CC1)C1CC1. The Kier molecular flexibility index (Phi) is 3.29. The van der Waals surface area contributed by atoms with Gasteiger partial charge in [0.1, 0.15) is 0 Å². The van der Waals surface area contributed by atoms with Crippen LogP contribution in [0, 0.1) is 11.8 Å². The Morgan fingerprint density at radius 3 is 2.22 bits per heavy atom. The van der Waals surface area contributed by atoms with Crippen LogP contribution in [0.25, 0.3) is 0 Å². The topological polar surface area (TPSA) is 29.1 Å². The molecule has 1 aromatic carbocycles. The third kappa shape index (κ3) is 3.05. The van der Waals surface area contributed by atoms with Gasteiger partial charge in [-0.1, -0.05) is 23.7 Å². The highest BCUT2D eigenvalue weighted by molar-refractivity contribution is 6.30. The van der Waals surface area contributed by atoms with E-state index in [4.69, 9.17) is 11.6 Å². The molecule has 3 heteroatoms. The van der Waals surface area contributed by atoms with Crippen molar-refractivity contribution in [3.8, 4) is 0 Å². The maximum absolute atomic E-state index is 12.0. The van der Waals surface area contributed by atoms with Crippen molar-refractivity contribution in [3.63, 3.8) is 0 Å². The van der Waals surface area contributed by atoms with Crippen LogP contribution in [0.1, 0.15) is 31.2 Å². The number of hydrogen-bond acceptors (Lipinski definition) is 1. The van der Waals surface area contributed by atoms with E-state index in [-0.39, 0.29) is 5.91 Å². The first kappa shape index (κ1) is 12.0. The Labute approximate surface area is 113 Å². The summed E-state index contributed by atoms with van der Waals surface area (Å²) in [6.45, 7) is 0. The fourth-order valence-electron chi connectivity index (χ4n) is 2.56. The van der Waals surface area contributed by atoms with Crippen LogP contribution in [-0.2, 0) is 11.2 Å². The molecule has 3 rings (SSSR count). The third-order valence-corrected chi connectivity index (χ3v) is 4.12. The molecule has 2 aliphatic rings. The second-order valence-corrected chi connectivity index (χ2v) is 6.01. The Hall–Kier alpha value is -1.02. The molecular formula is C15H18ClNO. The number of rotatable bonds is 5. The summed E-state index contributed by atoms with van der Waals surface area (Å²) in [6.07, 6.45) is 5.64. The van der Waals surface area contributed by atoms with Crippen LogP contribution in [0.5, 0.6) is 0 Å². The highest BCUT2D eigenvalue weighted by atomic mass is 35.5. The molecule has 0 saturated heterocycles. The summed E-state index contributed by atoms with van der Waals surface area (Å²) >= 11 is 5.83. The zero-order valence-electron chi connectivity index (χ0n) is 10.4. The van der Waals surface area contributed by atoms with Crippen molar-refractivity contribution in [2.24, 2.45) is 11.8 Å². The van der Waals surface area contributed by atoms with Gasteiger partial charge in [-0.05, 0) is 55.2 Å². The maximum Gasteiger partial charge on any atom is 0.224 e. The van der Waals surface area contributed by atoms with E-state index in [0.717, 1.165) is 17.4 Å². The lowest BCUT2D eigenvalue weighted by Crippen LogP contribution is -2.38. The monoisotopic (exact) mass is 263 g/mol. The molecule has 2 fully saturated rings. The van der Waals surface area contributed by atoms with Gasteiger partial charge < -0.3 is 5.32 Å². The van der Waals surface area contributed by atoms with E-state index in [1.54, 1.807) is 0 Å². The standard InChI is InChI=1S/C15H18ClNO/c16-13-7-1-10(2-8-13)9-14(18)17-15(11-3-4-11)12-5-6-12/h1-2,7-8,11-12,15H,3-6,9H2,(H,17,18). The summed E-state index contributed by atoms with van der Waals surface area (Å²) < 4.78 is 0. The molecule has 0 atom stereocenters. The summed E-state index contributed by atoms with van der Waals surface area (Å²) in [5.74, 6) is 1.67. The minimum atomic E-state index is 0.154. The van der Waals surface area contributed by atoms with Gasteiger partial charge in [-0.25, -0.2) is 0 Å². The van der Waals surface area contributed by atoms with Crippen molar-refractivity contribution in [1.82, 2.24) is 5.32 Å². The Bertz CT molecular complexity index is 422. The summed E-state index contributed by atoms with van der Waals surface area (Å²) in [5, 5.41) is 3.95. The molecule has 2 nitrogen and oxygen atoms in total. The molecule has 1 N–H and O–H groups in total. The number of benzene rings is 1. The lowest BCUT2D eigenvalue weighted by atomic mass is 10.1. The number of carbonyl (C=O) groups excluding carboxylic acids is 1. The predicted molar refractivity (Wildman–Crippen MR) is 72.5 cm³/mol. The van der Waals surface area contributed by atoms with E-state index in [0.29, 0.717) is 17.5 Å². The van der Waals surface area contributed by atoms with Crippen LogP contribution < -0.4 is 5.32 Å². The van der Waals surface area contributed by atoms with Gasteiger partial charge in [-0.15, -0.1) is 0 Å². The number of halogens is 1. The molecule has 18 heavy (non-hydrogen) atoms. The smallest absolute Gasteiger partial charge is 0.224 e. The van der Waals surface area contributed by atoms with Crippen LogP contribution in [0.15, 0.2) is 24.3 Å². The maximum atomic E-state index is 12.0. The molecule has 0 spiro atoms. The molecule has 2 saturated carbocycles. The van der Waals surface area contributed by atoms with Crippen LogP contribution in [-0.4, -0.2) is 11.9 Å². The Balaban J connectivity index is 1.55. The second kappa shape index (κ2) is 4.93. The van der Waals surface area contributed by atoms with Gasteiger partial charge in [0.2, 0.25) is 5.91 Å². The Morgan fingerprint density at radius 1 is 1.17 bits per heavy atom. The third-order valence-electron chi connectivity index (χ3n) is 3.87. The van der Waals surface area contributed by atoms with Gasteiger partial charge in [0.25, 0.3) is 0 Å². The average molecular weight is 264 g/mol. The molecule has 0 unspecified atom stereocenters. The van der Waals surface area contributed by atoms with E-state index in [1.165, 1.54) is 25.7 Å². The minimum absolute atomic E-state index is 0.154. The fraction of sp³-hybridized carbons (Fsp3) is 0.533. The molecule has 1 aromatic rings. The number of nitrogens with one attached hydrogen (secondary N) is 1. The predicted octanol–water partition coefficient (Wildman–Crippen LogP) is 3.19. The first-order chi connectivity index (χ1) is 8.72. The molecule has 2 aliphatic carbocycles. The number of carbonyl (C=O) groups is 1. The first-order valence-electron chi connectivity index (χ1n) is 6.76. The van der Waals surface area contributed by atoms with Gasteiger partial charge in [0.15, 0.2) is 0 Å². The molecule has 0 bridgehead atoms. The summed E-state index contributed by atoms with van der Waals surface area (Å²) in [6, 6.07) is 7.97.